The monoisotopic (exact) mass is 701 g/mol. The molecule has 11 heteroatoms. The number of carboxylic acid groups (broad SMARTS) is 1. The molecule has 5 aromatic carbocycles. The Balaban J connectivity index is 1.24. The smallest absolute Gasteiger partial charge is 0.360 e. The SMILES string of the molecule is CC(C)[C@H](NC(=O)c1ccc2ccccc2c1)C1=NOC(Oc2ccccc2)(C(=O)N(C)[C@@H](CC(=O)O)C(=O)COc2cccc3ccccc23)C1. The number of aliphatic carboxylic acids is 1. The number of likely N-dealkylation sites (N-methyl/N-ethyl adjacent to an activating group) is 1. The Labute approximate surface area is 300 Å². The third kappa shape index (κ3) is 7.73. The summed E-state index contributed by atoms with van der Waals surface area (Å²) in [5, 5.41) is 20.7. The Morgan fingerprint density at radius 3 is 2.27 bits per heavy atom. The van der Waals surface area contributed by atoms with Crippen molar-refractivity contribution in [1.29, 1.82) is 0 Å². The molecule has 2 N–H and O–H groups in total. The Morgan fingerprint density at radius 1 is 0.865 bits per heavy atom. The second kappa shape index (κ2) is 15.3. The largest absolute Gasteiger partial charge is 0.485 e. The van der Waals surface area contributed by atoms with Crippen LogP contribution in [0, 0.1) is 5.92 Å². The van der Waals surface area contributed by atoms with E-state index in [1.165, 1.54) is 7.05 Å². The van der Waals surface area contributed by atoms with Crippen molar-refractivity contribution in [3.8, 4) is 11.5 Å². The maximum Gasteiger partial charge on any atom is 0.360 e. The summed E-state index contributed by atoms with van der Waals surface area (Å²) in [6.07, 6.45) is -0.905. The minimum absolute atomic E-state index is 0.181. The summed E-state index contributed by atoms with van der Waals surface area (Å²) in [7, 11) is 1.32. The number of fused-ring (bicyclic) bond motifs is 2. The third-order valence-corrected chi connectivity index (χ3v) is 9.05. The van der Waals surface area contributed by atoms with Gasteiger partial charge in [-0.05, 0) is 52.4 Å². The zero-order valence-corrected chi connectivity index (χ0v) is 29.0. The van der Waals surface area contributed by atoms with Crippen LogP contribution in [0.2, 0.25) is 0 Å². The summed E-state index contributed by atoms with van der Waals surface area (Å²) in [6.45, 7) is 3.31. The topological polar surface area (TPSA) is 144 Å². The number of amides is 2. The predicted molar refractivity (Wildman–Crippen MR) is 196 cm³/mol. The first-order valence-corrected chi connectivity index (χ1v) is 17.0. The normalized spacial score (nSPS) is 16.4. The van der Waals surface area contributed by atoms with Crippen molar-refractivity contribution < 1.29 is 38.6 Å². The number of Topliss-reactive ketones (excluding diaryl/α,β-unsaturated/α-hetero) is 1. The van der Waals surface area contributed by atoms with E-state index in [1.54, 1.807) is 54.6 Å². The number of carbonyl (C=O) groups is 4. The van der Waals surface area contributed by atoms with E-state index >= 15 is 0 Å². The van der Waals surface area contributed by atoms with Gasteiger partial charge < -0.3 is 29.6 Å². The van der Waals surface area contributed by atoms with Crippen LogP contribution < -0.4 is 14.8 Å². The zero-order chi connectivity index (χ0) is 36.8. The van der Waals surface area contributed by atoms with Crippen LogP contribution in [0.5, 0.6) is 11.5 Å². The van der Waals surface area contributed by atoms with Crippen LogP contribution in [-0.2, 0) is 19.2 Å². The lowest BCUT2D eigenvalue weighted by atomic mass is 9.93. The number of ketones is 1. The van der Waals surface area contributed by atoms with Gasteiger partial charge in [0.25, 0.3) is 5.91 Å². The molecule has 6 rings (SSSR count). The van der Waals surface area contributed by atoms with Gasteiger partial charge in [0.1, 0.15) is 24.1 Å². The average Bonchev–Trinajstić information content (AvgIpc) is 3.58. The van der Waals surface area contributed by atoms with Crippen molar-refractivity contribution in [1.82, 2.24) is 10.2 Å². The van der Waals surface area contributed by atoms with Gasteiger partial charge in [-0.3, -0.25) is 19.2 Å². The molecule has 52 heavy (non-hydrogen) atoms. The number of benzene rings is 5. The van der Waals surface area contributed by atoms with Crippen molar-refractivity contribution in [2.75, 3.05) is 13.7 Å². The maximum atomic E-state index is 14.5. The molecule has 1 aliphatic rings. The zero-order valence-electron chi connectivity index (χ0n) is 29.0. The number of ether oxygens (including phenoxy) is 2. The highest BCUT2D eigenvalue weighted by molar-refractivity contribution is 6.04. The Hall–Kier alpha value is -6.23. The van der Waals surface area contributed by atoms with Gasteiger partial charge >= 0.3 is 17.7 Å². The van der Waals surface area contributed by atoms with E-state index < -0.39 is 48.6 Å². The number of nitrogens with zero attached hydrogens (tertiary/aromatic N) is 2. The van der Waals surface area contributed by atoms with Gasteiger partial charge in [0.15, 0.2) is 5.78 Å². The number of carboxylic acids is 1. The van der Waals surface area contributed by atoms with Gasteiger partial charge in [-0.15, -0.1) is 0 Å². The lowest BCUT2D eigenvalue weighted by molar-refractivity contribution is -0.197. The third-order valence-electron chi connectivity index (χ3n) is 9.05. The minimum Gasteiger partial charge on any atom is -0.485 e. The van der Waals surface area contributed by atoms with Crippen molar-refractivity contribution in [2.24, 2.45) is 11.1 Å². The molecule has 1 unspecified atom stereocenters. The summed E-state index contributed by atoms with van der Waals surface area (Å²) >= 11 is 0. The second-order valence-corrected chi connectivity index (χ2v) is 13.0. The Morgan fingerprint density at radius 2 is 1.54 bits per heavy atom. The number of hydrogen-bond acceptors (Lipinski definition) is 8. The first-order chi connectivity index (χ1) is 25.0. The number of para-hydroxylation sites is 1. The van der Waals surface area contributed by atoms with E-state index in [9.17, 15) is 24.3 Å². The quantitative estimate of drug-likeness (QED) is 0.138. The highest BCUT2D eigenvalue weighted by atomic mass is 16.8. The van der Waals surface area contributed by atoms with Crippen molar-refractivity contribution >= 4 is 50.8 Å². The fourth-order valence-corrected chi connectivity index (χ4v) is 6.29. The first-order valence-electron chi connectivity index (χ1n) is 17.0. The number of carbonyl (C=O) groups excluding carboxylic acids is 3. The van der Waals surface area contributed by atoms with Crippen molar-refractivity contribution in [3.63, 3.8) is 0 Å². The van der Waals surface area contributed by atoms with Gasteiger partial charge in [-0.1, -0.05) is 104 Å². The lowest BCUT2D eigenvalue weighted by Crippen LogP contribution is -2.57. The molecule has 0 radical (unpaired) electrons. The molecule has 5 aromatic rings. The summed E-state index contributed by atoms with van der Waals surface area (Å²) < 4.78 is 12.1. The van der Waals surface area contributed by atoms with Crippen LogP contribution in [0.3, 0.4) is 0 Å². The molecule has 1 aliphatic heterocycles. The average molecular weight is 702 g/mol. The summed E-state index contributed by atoms with van der Waals surface area (Å²) in [5.74, 6) is -4.66. The molecular weight excluding hydrogens is 662 g/mol. The van der Waals surface area contributed by atoms with Crippen LogP contribution in [0.15, 0.2) is 120 Å². The summed E-state index contributed by atoms with van der Waals surface area (Å²) in [6, 6.07) is 32.4. The van der Waals surface area contributed by atoms with Crippen LogP contribution in [-0.4, -0.2) is 70.8 Å². The molecule has 1 heterocycles. The van der Waals surface area contributed by atoms with E-state index in [4.69, 9.17) is 14.3 Å². The van der Waals surface area contributed by atoms with E-state index in [-0.39, 0.29) is 24.0 Å². The number of oxime groups is 1. The Bertz CT molecular complexity index is 2150. The standard InChI is InChI=1S/C41H39N3O8/c1-26(2)38(42-39(48)30-21-20-27-12-7-8-14-29(27)22-30)33-24-41(52-43-33,51-31-16-5-4-6-17-31)40(49)44(3)34(23-37(46)47)35(45)25-50-36-19-11-15-28-13-9-10-18-32(28)36/h4-22,26,34,38H,23-25H2,1-3H3,(H,42,48)(H,46,47)/t34-,38-,41?/m0/s1. The van der Waals surface area contributed by atoms with E-state index in [0.717, 1.165) is 26.4 Å². The molecule has 11 nitrogen and oxygen atoms in total. The molecule has 0 fully saturated rings. The molecule has 0 bridgehead atoms. The minimum atomic E-state index is -2.11. The van der Waals surface area contributed by atoms with Crippen LogP contribution in [0.25, 0.3) is 21.5 Å². The van der Waals surface area contributed by atoms with Gasteiger partial charge in [0.05, 0.1) is 24.6 Å². The van der Waals surface area contributed by atoms with Gasteiger partial charge in [-0.2, -0.15) is 0 Å². The van der Waals surface area contributed by atoms with Gasteiger partial charge in [0.2, 0.25) is 0 Å². The van der Waals surface area contributed by atoms with Crippen molar-refractivity contribution in [2.45, 2.75) is 44.6 Å². The highest BCUT2D eigenvalue weighted by Gasteiger charge is 2.54. The number of hydrogen-bond donors (Lipinski definition) is 2. The van der Waals surface area contributed by atoms with Crippen LogP contribution in [0.1, 0.15) is 37.0 Å². The molecule has 266 valence electrons. The van der Waals surface area contributed by atoms with E-state index in [2.05, 4.69) is 10.5 Å². The van der Waals surface area contributed by atoms with Gasteiger partial charge in [0, 0.05) is 18.0 Å². The lowest BCUT2D eigenvalue weighted by Gasteiger charge is -2.34. The first kappa shape index (κ1) is 35.6. The molecule has 0 aromatic heterocycles. The molecular formula is C41H39N3O8. The molecule has 0 aliphatic carbocycles. The molecule has 0 saturated heterocycles. The molecule has 2 amide bonds. The molecule has 0 spiro atoms. The fraction of sp³-hybridized carbons (Fsp3) is 0.244. The fourth-order valence-electron chi connectivity index (χ4n) is 6.29. The highest BCUT2D eigenvalue weighted by Crippen LogP contribution is 2.33. The van der Waals surface area contributed by atoms with E-state index in [1.807, 2.05) is 74.5 Å². The molecule has 0 saturated carbocycles. The number of rotatable bonds is 14. The van der Waals surface area contributed by atoms with Crippen LogP contribution in [0.4, 0.5) is 0 Å². The number of nitrogens with one attached hydrogen (secondary N) is 1. The Kier molecular flexibility index (Phi) is 10.5. The predicted octanol–water partition coefficient (Wildman–Crippen LogP) is 6.25. The van der Waals surface area contributed by atoms with Crippen LogP contribution >= 0.6 is 0 Å². The second-order valence-electron chi connectivity index (χ2n) is 13.0. The van der Waals surface area contributed by atoms with E-state index in [0.29, 0.717) is 17.0 Å². The molecule has 3 atom stereocenters. The van der Waals surface area contributed by atoms with Gasteiger partial charge in [-0.25, -0.2) is 0 Å². The summed E-state index contributed by atoms with van der Waals surface area (Å²) in [5.41, 5.74) is 0.787. The maximum absolute atomic E-state index is 14.5. The summed E-state index contributed by atoms with van der Waals surface area (Å²) in [4.78, 5) is 60.6. The van der Waals surface area contributed by atoms with Crippen molar-refractivity contribution in [3.05, 3.63) is 121 Å².